The third-order valence-corrected chi connectivity index (χ3v) is 4.65. The fraction of sp³-hybridized carbons (Fsp3) is 0.381. The van der Waals surface area contributed by atoms with Crippen LogP contribution in [0.4, 0.5) is 10.5 Å². The van der Waals surface area contributed by atoms with Crippen LogP contribution in [0.3, 0.4) is 0 Å². The Hall–Kier alpha value is -2.53. The Morgan fingerprint density at radius 3 is 2.69 bits per heavy atom. The number of nitrogens with one attached hydrogen (secondary N) is 1. The molecular formula is C21H26N2O3. The van der Waals surface area contributed by atoms with Crippen LogP contribution >= 0.6 is 0 Å². The molecule has 5 nitrogen and oxygen atoms in total. The first-order chi connectivity index (χ1) is 12.7. The van der Waals surface area contributed by atoms with E-state index in [1.165, 1.54) is 0 Å². The molecule has 1 heterocycles. The quantitative estimate of drug-likeness (QED) is 0.866. The molecule has 0 aliphatic carbocycles. The van der Waals surface area contributed by atoms with Gasteiger partial charge in [-0.05, 0) is 42.5 Å². The van der Waals surface area contributed by atoms with Crippen LogP contribution in [0.2, 0.25) is 0 Å². The van der Waals surface area contributed by atoms with Crippen molar-refractivity contribution in [2.75, 3.05) is 32.6 Å². The Kier molecular flexibility index (Phi) is 6.12. The predicted molar refractivity (Wildman–Crippen MR) is 104 cm³/mol. The molecular weight excluding hydrogens is 328 g/mol. The summed E-state index contributed by atoms with van der Waals surface area (Å²) in [5, 5.41) is 2.97. The molecule has 1 atom stereocenters. The fourth-order valence-electron chi connectivity index (χ4n) is 3.17. The molecule has 1 aliphatic rings. The van der Waals surface area contributed by atoms with Crippen LogP contribution in [0.5, 0.6) is 5.75 Å². The summed E-state index contributed by atoms with van der Waals surface area (Å²) in [5.74, 6) is 0.639. The Labute approximate surface area is 154 Å². The lowest BCUT2D eigenvalue weighted by atomic mass is 10.0. The maximum atomic E-state index is 12.6. The van der Waals surface area contributed by atoms with Crippen LogP contribution in [0.15, 0.2) is 48.5 Å². The van der Waals surface area contributed by atoms with Crippen LogP contribution < -0.4 is 10.1 Å². The van der Waals surface area contributed by atoms with Gasteiger partial charge in [-0.15, -0.1) is 0 Å². The van der Waals surface area contributed by atoms with E-state index in [0.29, 0.717) is 18.0 Å². The molecule has 1 saturated heterocycles. The summed E-state index contributed by atoms with van der Waals surface area (Å²) in [6, 6.07) is 15.7. The van der Waals surface area contributed by atoms with Crippen LogP contribution in [0, 0.1) is 0 Å². The highest BCUT2D eigenvalue weighted by Gasteiger charge is 2.19. The van der Waals surface area contributed by atoms with Gasteiger partial charge in [0.25, 0.3) is 0 Å². The minimum atomic E-state index is -0.164. The van der Waals surface area contributed by atoms with Crippen molar-refractivity contribution in [1.82, 2.24) is 4.90 Å². The number of amides is 2. The molecule has 0 radical (unpaired) electrons. The molecule has 0 bridgehead atoms. The van der Waals surface area contributed by atoms with Gasteiger partial charge >= 0.3 is 6.03 Å². The molecule has 1 fully saturated rings. The summed E-state index contributed by atoms with van der Waals surface area (Å²) >= 11 is 0. The Morgan fingerprint density at radius 1 is 1.19 bits per heavy atom. The zero-order chi connectivity index (χ0) is 18.4. The average molecular weight is 354 g/mol. The number of hydrogen-bond acceptors (Lipinski definition) is 3. The summed E-state index contributed by atoms with van der Waals surface area (Å²) < 4.78 is 11.1. The number of hydrogen-bond donors (Lipinski definition) is 1. The highest BCUT2D eigenvalue weighted by molar-refractivity contribution is 5.92. The molecule has 5 heteroatoms. The van der Waals surface area contributed by atoms with E-state index < -0.39 is 0 Å². The third-order valence-electron chi connectivity index (χ3n) is 4.65. The number of ether oxygens (including phenoxy) is 2. The normalized spacial score (nSPS) is 16.8. The number of anilines is 1. The number of methoxy groups -OCH3 is 1. The number of nitrogens with zero attached hydrogens (tertiary/aromatic N) is 1. The largest absolute Gasteiger partial charge is 0.495 e. The summed E-state index contributed by atoms with van der Waals surface area (Å²) in [6.45, 7) is 1.37. The summed E-state index contributed by atoms with van der Waals surface area (Å²) in [4.78, 5) is 14.3. The minimum absolute atomic E-state index is 0.122. The zero-order valence-electron chi connectivity index (χ0n) is 15.4. The van der Waals surface area contributed by atoms with E-state index in [9.17, 15) is 4.79 Å². The van der Waals surface area contributed by atoms with Crippen molar-refractivity contribution >= 4 is 11.7 Å². The molecule has 2 amide bonds. The second kappa shape index (κ2) is 8.72. The highest BCUT2D eigenvalue weighted by atomic mass is 16.5. The number of likely N-dealkylation sites (N-methyl/N-ethyl adjacent to an activating group) is 1. The van der Waals surface area contributed by atoms with Crippen molar-refractivity contribution in [2.24, 2.45) is 0 Å². The maximum Gasteiger partial charge on any atom is 0.321 e. The fourth-order valence-corrected chi connectivity index (χ4v) is 3.17. The second-order valence-electron chi connectivity index (χ2n) is 6.58. The molecule has 138 valence electrons. The van der Waals surface area contributed by atoms with Crippen molar-refractivity contribution < 1.29 is 14.3 Å². The number of carbonyl (C=O) groups is 1. The molecule has 2 aromatic carbocycles. The molecule has 1 aliphatic heterocycles. The predicted octanol–water partition coefficient (Wildman–Crippen LogP) is 4.40. The molecule has 0 spiro atoms. The first-order valence-corrected chi connectivity index (χ1v) is 9.04. The second-order valence-corrected chi connectivity index (χ2v) is 6.58. The molecule has 1 N–H and O–H groups in total. The maximum absolute atomic E-state index is 12.6. The lowest BCUT2D eigenvalue weighted by Gasteiger charge is -2.27. The third kappa shape index (κ3) is 4.55. The van der Waals surface area contributed by atoms with Crippen molar-refractivity contribution in [2.45, 2.75) is 25.4 Å². The molecule has 2 aromatic rings. The minimum Gasteiger partial charge on any atom is -0.495 e. The standard InChI is InChI=1S/C21H26N2O3/c1-23(15-18-10-6-7-13-26-18)21(24)22-19-14-17(11-12-20(19)25-2)16-8-4-3-5-9-16/h3-5,8-9,11-12,14,18H,6-7,10,13,15H2,1-2H3,(H,22,24)/t18-/m0/s1. The summed E-state index contributed by atoms with van der Waals surface area (Å²) in [6.07, 6.45) is 3.39. The van der Waals surface area contributed by atoms with Crippen LogP contribution in [0.1, 0.15) is 19.3 Å². The van der Waals surface area contributed by atoms with Gasteiger partial charge in [0, 0.05) is 20.2 Å². The number of rotatable bonds is 5. The van der Waals surface area contributed by atoms with Crippen LogP contribution in [-0.4, -0.2) is 44.3 Å². The van der Waals surface area contributed by atoms with Gasteiger partial charge in [0.05, 0.1) is 18.9 Å². The van der Waals surface area contributed by atoms with Crippen molar-refractivity contribution in [3.63, 3.8) is 0 Å². The number of benzene rings is 2. The first-order valence-electron chi connectivity index (χ1n) is 9.04. The molecule has 0 aromatic heterocycles. The Bertz CT molecular complexity index is 727. The molecule has 26 heavy (non-hydrogen) atoms. The highest BCUT2D eigenvalue weighted by Crippen LogP contribution is 2.30. The van der Waals surface area contributed by atoms with Gasteiger partial charge in [0.15, 0.2) is 0 Å². The van der Waals surface area contributed by atoms with E-state index in [-0.39, 0.29) is 12.1 Å². The van der Waals surface area contributed by atoms with Crippen LogP contribution in [0.25, 0.3) is 11.1 Å². The van der Waals surface area contributed by atoms with Gasteiger partial charge in [-0.2, -0.15) is 0 Å². The van der Waals surface area contributed by atoms with Crippen LogP contribution in [-0.2, 0) is 4.74 Å². The lowest BCUT2D eigenvalue weighted by Crippen LogP contribution is -2.39. The van der Waals surface area contributed by atoms with E-state index in [2.05, 4.69) is 5.32 Å². The van der Waals surface area contributed by atoms with Crippen molar-refractivity contribution in [3.8, 4) is 16.9 Å². The summed E-state index contributed by atoms with van der Waals surface area (Å²) in [5.41, 5.74) is 2.78. The first kappa shape index (κ1) is 18.3. The monoisotopic (exact) mass is 354 g/mol. The zero-order valence-corrected chi connectivity index (χ0v) is 15.4. The van der Waals surface area contributed by atoms with E-state index in [0.717, 1.165) is 37.0 Å². The van der Waals surface area contributed by atoms with Gasteiger partial charge in [0.2, 0.25) is 0 Å². The number of urea groups is 1. The average Bonchev–Trinajstić information content (AvgIpc) is 2.69. The van der Waals surface area contributed by atoms with E-state index in [1.807, 2.05) is 48.5 Å². The van der Waals surface area contributed by atoms with Gasteiger partial charge < -0.3 is 19.7 Å². The van der Waals surface area contributed by atoms with Gasteiger partial charge in [-0.1, -0.05) is 36.4 Å². The van der Waals surface area contributed by atoms with Gasteiger partial charge in [-0.3, -0.25) is 0 Å². The van der Waals surface area contributed by atoms with E-state index in [1.54, 1.807) is 19.1 Å². The van der Waals surface area contributed by atoms with Crippen molar-refractivity contribution in [1.29, 1.82) is 0 Å². The molecule has 0 saturated carbocycles. The Morgan fingerprint density at radius 2 is 2.00 bits per heavy atom. The number of carbonyl (C=O) groups excluding carboxylic acids is 1. The molecule has 0 unspecified atom stereocenters. The van der Waals surface area contributed by atoms with E-state index >= 15 is 0 Å². The van der Waals surface area contributed by atoms with Gasteiger partial charge in [-0.25, -0.2) is 4.79 Å². The van der Waals surface area contributed by atoms with Crippen molar-refractivity contribution in [3.05, 3.63) is 48.5 Å². The van der Waals surface area contributed by atoms with Gasteiger partial charge in [0.1, 0.15) is 5.75 Å². The smallest absolute Gasteiger partial charge is 0.321 e. The lowest BCUT2D eigenvalue weighted by molar-refractivity contribution is 0.00463. The van der Waals surface area contributed by atoms with E-state index in [4.69, 9.17) is 9.47 Å². The summed E-state index contributed by atoms with van der Waals surface area (Å²) in [7, 11) is 3.40. The SMILES string of the molecule is COc1ccc(-c2ccccc2)cc1NC(=O)N(C)C[C@@H]1CCCCO1. The topological polar surface area (TPSA) is 50.8 Å². The molecule has 3 rings (SSSR count). The Balaban J connectivity index is 1.71.